The van der Waals surface area contributed by atoms with Crippen molar-refractivity contribution in [2.45, 2.75) is 0 Å². The Hall–Kier alpha value is -2.28. The molecule has 0 saturated heterocycles. The Kier molecular flexibility index (Phi) is 4.02. The van der Waals surface area contributed by atoms with Crippen molar-refractivity contribution in [2.24, 2.45) is 0 Å². The number of halogens is 1. The zero-order valence-corrected chi connectivity index (χ0v) is 14.6. The summed E-state index contributed by atoms with van der Waals surface area (Å²) in [7, 11) is 0. The van der Waals surface area contributed by atoms with E-state index in [-0.39, 0.29) is 5.56 Å². The third-order valence-electron chi connectivity index (χ3n) is 3.31. The van der Waals surface area contributed by atoms with Crippen LogP contribution in [0.2, 0.25) is 5.02 Å². The highest BCUT2D eigenvalue weighted by Gasteiger charge is 2.08. The van der Waals surface area contributed by atoms with E-state index in [1.807, 2.05) is 47.9 Å². The molecular formula is C17H10ClN3OS2. The van der Waals surface area contributed by atoms with Gasteiger partial charge in [-0.25, -0.2) is 0 Å². The Balaban J connectivity index is 1.70. The topological polar surface area (TPSA) is 47.3 Å². The minimum atomic E-state index is -0.159. The summed E-state index contributed by atoms with van der Waals surface area (Å²) in [5.74, 6) is 0.532. The Bertz CT molecular complexity index is 1130. The van der Waals surface area contributed by atoms with E-state index in [1.165, 1.54) is 15.9 Å². The number of nitrogens with zero attached hydrogens (tertiary/aromatic N) is 3. The van der Waals surface area contributed by atoms with Gasteiger partial charge in [0.15, 0.2) is 5.82 Å². The molecule has 0 fully saturated rings. The van der Waals surface area contributed by atoms with E-state index in [0.717, 1.165) is 10.4 Å². The molecule has 7 heteroatoms. The van der Waals surface area contributed by atoms with Crippen LogP contribution in [0.25, 0.3) is 23.2 Å². The molecular weight excluding hydrogens is 362 g/mol. The predicted octanol–water partition coefficient (Wildman–Crippen LogP) is 3.58. The molecule has 0 N–H and O–H groups in total. The Morgan fingerprint density at radius 2 is 1.96 bits per heavy atom. The lowest BCUT2D eigenvalue weighted by molar-refractivity contribution is 0.925. The molecule has 0 radical (unpaired) electrons. The third kappa shape index (κ3) is 3.03. The van der Waals surface area contributed by atoms with Crippen LogP contribution in [-0.4, -0.2) is 14.6 Å². The first kappa shape index (κ1) is 15.3. The minimum absolute atomic E-state index is 0.159. The van der Waals surface area contributed by atoms with E-state index in [9.17, 15) is 4.79 Å². The van der Waals surface area contributed by atoms with Crippen molar-refractivity contribution >= 4 is 57.5 Å². The molecule has 3 heterocycles. The van der Waals surface area contributed by atoms with E-state index in [4.69, 9.17) is 11.6 Å². The van der Waals surface area contributed by atoms with E-state index >= 15 is 0 Å². The van der Waals surface area contributed by atoms with Crippen LogP contribution in [0, 0.1) is 0 Å². The van der Waals surface area contributed by atoms with Crippen molar-refractivity contribution in [1.82, 2.24) is 14.6 Å². The maximum atomic E-state index is 12.4. The van der Waals surface area contributed by atoms with Crippen LogP contribution in [0.15, 0.2) is 46.6 Å². The van der Waals surface area contributed by atoms with Gasteiger partial charge in [0.25, 0.3) is 5.56 Å². The maximum absolute atomic E-state index is 12.4. The summed E-state index contributed by atoms with van der Waals surface area (Å²) in [4.78, 5) is 18.5. The average Bonchev–Trinajstić information content (AvgIpc) is 3.27. The number of thiazole rings is 1. The van der Waals surface area contributed by atoms with Gasteiger partial charge < -0.3 is 0 Å². The monoisotopic (exact) mass is 371 g/mol. The molecule has 0 aliphatic rings. The van der Waals surface area contributed by atoms with E-state index < -0.39 is 0 Å². The largest absolute Gasteiger partial charge is 0.291 e. The highest BCUT2D eigenvalue weighted by Crippen LogP contribution is 2.13. The summed E-state index contributed by atoms with van der Waals surface area (Å²) in [5.41, 5.74) is 0.757. The van der Waals surface area contributed by atoms with Crippen LogP contribution in [0.4, 0.5) is 0 Å². The summed E-state index contributed by atoms with van der Waals surface area (Å²) in [6, 6.07) is 11.3. The second-order valence-electron chi connectivity index (χ2n) is 4.98. The summed E-state index contributed by atoms with van der Waals surface area (Å²) < 4.78 is 1.95. The Morgan fingerprint density at radius 1 is 1.12 bits per heavy atom. The average molecular weight is 372 g/mol. The SMILES string of the molecule is O=c1c(=Cc2ccc(Cl)cc2)sc2nc(C=Cc3cccs3)nn12. The number of hydrogen-bond donors (Lipinski definition) is 0. The van der Waals surface area contributed by atoms with Gasteiger partial charge in [0.05, 0.1) is 4.53 Å². The summed E-state index contributed by atoms with van der Waals surface area (Å²) in [5, 5.41) is 6.94. The lowest BCUT2D eigenvalue weighted by atomic mass is 10.2. The van der Waals surface area contributed by atoms with Gasteiger partial charge in [-0.2, -0.15) is 9.50 Å². The van der Waals surface area contributed by atoms with Crippen molar-refractivity contribution in [2.75, 3.05) is 0 Å². The zero-order chi connectivity index (χ0) is 16.5. The molecule has 0 bridgehead atoms. The lowest BCUT2D eigenvalue weighted by Crippen LogP contribution is -2.23. The standard InChI is InChI=1S/C17H10ClN3OS2/c18-12-5-3-11(4-6-12)10-14-16(22)21-17(24-14)19-15(20-21)8-7-13-2-1-9-23-13/h1-10H. The first-order valence-corrected chi connectivity index (χ1v) is 9.15. The second-order valence-corrected chi connectivity index (χ2v) is 7.41. The molecule has 3 aromatic heterocycles. The van der Waals surface area contributed by atoms with Crippen molar-refractivity contribution in [3.8, 4) is 0 Å². The van der Waals surface area contributed by atoms with Crippen molar-refractivity contribution < 1.29 is 0 Å². The fourth-order valence-electron chi connectivity index (χ4n) is 2.17. The third-order valence-corrected chi connectivity index (χ3v) is 5.35. The number of rotatable bonds is 3. The zero-order valence-electron chi connectivity index (χ0n) is 12.2. The van der Waals surface area contributed by atoms with Crippen LogP contribution in [-0.2, 0) is 0 Å². The first-order valence-electron chi connectivity index (χ1n) is 7.07. The summed E-state index contributed by atoms with van der Waals surface area (Å²) in [6.45, 7) is 0. The smallest absolute Gasteiger partial charge is 0.266 e. The van der Waals surface area contributed by atoms with Crippen LogP contribution in [0.1, 0.15) is 16.3 Å². The van der Waals surface area contributed by atoms with E-state index in [1.54, 1.807) is 23.5 Å². The highest BCUT2D eigenvalue weighted by atomic mass is 35.5. The maximum Gasteiger partial charge on any atom is 0.291 e. The van der Waals surface area contributed by atoms with Gasteiger partial charge in [-0.05, 0) is 47.4 Å². The van der Waals surface area contributed by atoms with E-state index in [2.05, 4.69) is 10.1 Å². The molecule has 24 heavy (non-hydrogen) atoms. The van der Waals surface area contributed by atoms with Crippen LogP contribution < -0.4 is 10.1 Å². The van der Waals surface area contributed by atoms with Crippen molar-refractivity contribution in [1.29, 1.82) is 0 Å². The fraction of sp³-hybridized carbons (Fsp3) is 0. The summed E-state index contributed by atoms with van der Waals surface area (Å²) >= 11 is 8.83. The van der Waals surface area contributed by atoms with Gasteiger partial charge in [-0.15, -0.1) is 16.4 Å². The molecule has 0 atom stereocenters. The van der Waals surface area contributed by atoms with Gasteiger partial charge in [0.2, 0.25) is 4.96 Å². The molecule has 4 nitrogen and oxygen atoms in total. The van der Waals surface area contributed by atoms with Crippen LogP contribution in [0.3, 0.4) is 0 Å². The Labute approximate surface area is 150 Å². The molecule has 1 aromatic carbocycles. The molecule has 4 aromatic rings. The molecule has 4 rings (SSSR count). The van der Waals surface area contributed by atoms with Crippen molar-refractivity contribution in [3.05, 3.63) is 78.0 Å². The quantitative estimate of drug-likeness (QED) is 0.553. The van der Waals surface area contributed by atoms with Gasteiger partial charge >= 0.3 is 0 Å². The normalized spacial score (nSPS) is 12.6. The van der Waals surface area contributed by atoms with E-state index in [0.29, 0.717) is 20.3 Å². The van der Waals surface area contributed by atoms with Gasteiger partial charge in [-0.3, -0.25) is 4.79 Å². The molecule has 0 saturated carbocycles. The second kappa shape index (κ2) is 6.32. The summed E-state index contributed by atoms with van der Waals surface area (Å²) in [6.07, 6.45) is 5.57. The van der Waals surface area contributed by atoms with Crippen LogP contribution >= 0.6 is 34.3 Å². The Morgan fingerprint density at radius 3 is 2.67 bits per heavy atom. The number of thiophene rings is 1. The van der Waals surface area contributed by atoms with Gasteiger partial charge in [-0.1, -0.05) is 41.1 Å². The minimum Gasteiger partial charge on any atom is -0.266 e. The van der Waals surface area contributed by atoms with Gasteiger partial charge in [0, 0.05) is 9.90 Å². The lowest BCUT2D eigenvalue weighted by Gasteiger charge is -1.91. The van der Waals surface area contributed by atoms with Gasteiger partial charge in [0.1, 0.15) is 0 Å². The molecule has 0 spiro atoms. The first-order chi connectivity index (χ1) is 11.7. The molecule has 0 unspecified atom stereocenters. The molecule has 0 amide bonds. The highest BCUT2D eigenvalue weighted by molar-refractivity contribution is 7.15. The van der Waals surface area contributed by atoms with Crippen LogP contribution in [0.5, 0.6) is 0 Å². The van der Waals surface area contributed by atoms with Crippen molar-refractivity contribution in [3.63, 3.8) is 0 Å². The molecule has 0 aliphatic heterocycles. The molecule has 118 valence electrons. The predicted molar refractivity (Wildman–Crippen MR) is 101 cm³/mol. The number of aromatic nitrogens is 3. The number of hydrogen-bond acceptors (Lipinski definition) is 5. The molecule has 0 aliphatic carbocycles. The number of benzene rings is 1. The fourth-order valence-corrected chi connectivity index (χ4v) is 3.83. The number of fused-ring (bicyclic) bond motifs is 1.